The Morgan fingerprint density at radius 2 is 2.03 bits per heavy atom. The van der Waals surface area contributed by atoms with Gasteiger partial charge in [0.15, 0.2) is 0 Å². The smallest absolute Gasteiger partial charge is 0.251 e. The van der Waals surface area contributed by atoms with Gasteiger partial charge < -0.3 is 9.30 Å². The predicted octanol–water partition coefficient (Wildman–Crippen LogP) is 5.22. The first-order chi connectivity index (χ1) is 16.9. The van der Waals surface area contributed by atoms with Gasteiger partial charge in [-0.25, -0.2) is 9.37 Å². The molecule has 0 aliphatic carbocycles. The van der Waals surface area contributed by atoms with E-state index in [1.807, 2.05) is 44.2 Å². The quantitative estimate of drug-likeness (QED) is 0.353. The van der Waals surface area contributed by atoms with E-state index >= 15 is 0 Å². The molecule has 0 spiro atoms. The van der Waals surface area contributed by atoms with Gasteiger partial charge in [0.2, 0.25) is 0 Å². The molecular formula is C26H21ClFN5O2. The number of rotatable bonds is 6. The summed E-state index contributed by atoms with van der Waals surface area (Å²) in [5.41, 5.74) is 5.19. The van der Waals surface area contributed by atoms with Crippen molar-refractivity contribution in [2.24, 2.45) is 0 Å². The molecule has 0 saturated heterocycles. The van der Waals surface area contributed by atoms with Crippen LogP contribution in [-0.4, -0.2) is 24.7 Å². The Bertz CT molecular complexity index is 1610. The van der Waals surface area contributed by atoms with E-state index in [2.05, 4.69) is 15.2 Å². The second-order valence-corrected chi connectivity index (χ2v) is 8.62. The van der Waals surface area contributed by atoms with Crippen LogP contribution in [-0.2, 0) is 13.2 Å². The molecule has 0 unspecified atom stereocenters. The van der Waals surface area contributed by atoms with Gasteiger partial charge in [0.25, 0.3) is 5.56 Å². The second-order valence-electron chi connectivity index (χ2n) is 8.21. The van der Waals surface area contributed by atoms with Crippen LogP contribution in [0, 0.1) is 19.7 Å². The van der Waals surface area contributed by atoms with Crippen LogP contribution < -0.4 is 10.3 Å². The van der Waals surface area contributed by atoms with E-state index in [1.165, 1.54) is 16.8 Å². The van der Waals surface area contributed by atoms with Gasteiger partial charge >= 0.3 is 0 Å². The van der Waals surface area contributed by atoms with Gasteiger partial charge in [-0.3, -0.25) is 14.9 Å². The van der Waals surface area contributed by atoms with Crippen LogP contribution in [0.3, 0.4) is 0 Å². The summed E-state index contributed by atoms with van der Waals surface area (Å²) in [5.74, 6) is 0.112. The van der Waals surface area contributed by atoms with Gasteiger partial charge in [-0.2, -0.15) is 5.10 Å². The minimum Gasteiger partial charge on any atom is -0.487 e. The molecule has 0 aliphatic rings. The van der Waals surface area contributed by atoms with Crippen molar-refractivity contribution in [2.75, 3.05) is 0 Å². The molecule has 9 heteroatoms. The van der Waals surface area contributed by atoms with E-state index in [0.29, 0.717) is 27.7 Å². The SMILES string of the molecule is Cc1cc(-c2[nH]ncc2Cl)c2cccc(OCc3c(C)ccnc3Cn3cc(F)ccc3=O)c2n1. The minimum atomic E-state index is -0.486. The number of fused-ring (bicyclic) bond motifs is 1. The molecule has 4 heterocycles. The number of nitrogens with zero attached hydrogens (tertiary/aromatic N) is 4. The summed E-state index contributed by atoms with van der Waals surface area (Å²) in [6.45, 7) is 4.19. The fourth-order valence-electron chi connectivity index (χ4n) is 4.05. The molecular weight excluding hydrogens is 469 g/mol. The molecule has 0 atom stereocenters. The van der Waals surface area contributed by atoms with Crippen molar-refractivity contribution in [3.63, 3.8) is 0 Å². The number of H-pyrrole nitrogens is 1. The Hall–Kier alpha value is -4.04. The molecule has 0 saturated carbocycles. The lowest BCUT2D eigenvalue weighted by molar-refractivity contribution is 0.306. The maximum absolute atomic E-state index is 13.7. The Kier molecular flexibility index (Phi) is 6.05. The van der Waals surface area contributed by atoms with E-state index in [0.717, 1.165) is 33.8 Å². The fourth-order valence-corrected chi connectivity index (χ4v) is 4.24. The van der Waals surface area contributed by atoms with Crippen molar-refractivity contribution < 1.29 is 9.13 Å². The maximum atomic E-state index is 13.7. The normalized spacial score (nSPS) is 11.2. The van der Waals surface area contributed by atoms with E-state index in [9.17, 15) is 9.18 Å². The van der Waals surface area contributed by atoms with Crippen molar-refractivity contribution in [2.45, 2.75) is 27.0 Å². The average molecular weight is 490 g/mol. The highest BCUT2D eigenvalue weighted by Gasteiger charge is 2.16. The highest BCUT2D eigenvalue weighted by atomic mass is 35.5. The molecule has 0 aliphatic heterocycles. The molecule has 0 bridgehead atoms. The van der Waals surface area contributed by atoms with E-state index in [1.54, 1.807) is 12.4 Å². The first-order valence-corrected chi connectivity index (χ1v) is 11.3. The largest absolute Gasteiger partial charge is 0.487 e. The second kappa shape index (κ2) is 9.31. The molecule has 35 heavy (non-hydrogen) atoms. The third-order valence-electron chi connectivity index (χ3n) is 5.81. The number of hydrogen-bond donors (Lipinski definition) is 1. The Morgan fingerprint density at radius 3 is 2.83 bits per heavy atom. The zero-order valence-corrected chi connectivity index (χ0v) is 19.8. The van der Waals surface area contributed by atoms with Gasteiger partial charge in [0.05, 0.1) is 29.2 Å². The summed E-state index contributed by atoms with van der Waals surface area (Å²) < 4.78 is 21.3. The van der Waals surface area contributed by atoms with Gasteiger partial charge in [-0.1, -0.05) is 23.7 Å². The molecule has 4 aromatic heterocycles. The predicted molar refractivity (Wildman–Crippen MR) is 132 cm³/mol. The molecule has 176 valence electrons. The summed E-state index contributed by atoms with van der Waals surface area (Å²) in [5, 5.41) is 8.38. The third-order valence-corrected chi connectivity index (χ3v) is 6.10. The summed E-state index contributed by atoms with van der Waals surface area (Å²) >= 11 is 6.33. The molecule has 1 aromatic carbocycles. The zero-order chi connectivity index (χ0) is 24.5. The van der Waals surface area contributed by atoms with Crippen LogP contribution in [0.4, 0.5) is 4.39 Å². The number of hydrogen-bond acceptors (Lipinski definition) is 5. The van der Waals surface area contributed by atoms with Gasteiger partial charge in [0, 0.05) is 40.7 Å². The van der Waals surface area contributed by atoms with E-state index < -0.39 is 5.82 Å². The molecule has 5 rings (SSSR count). The molecule has 0 radical (unpaired) electrons. The monoisotopic (exact) mass is 489 g/mol. The molecule has 0 fully saturated rings. The van der Waals surface area contributed by atoms with Crippen molar-refractivity contribution in [1.29, 1.82) is 0 Å². The van der Waals surface area contributed by atoms with E-state index in [4.69, 9.17) is 21.3 Å². The number of halogens is 2. The number of nitrogens with one attached hydrogen (secondary N) is 1. The van der Waals surface area contributed by atoms with Crippen molar-refractivity contribution in [3.8, 4) is 17.0 Å². The zero-order valence-electron chi connectivity index (χ0n) is 19.0. The van der Waals surface area contributed by atoms with Crippen LogP contribution >= 0.6 is 11.6 Å². The number of benzene rings is 1. The first-order valence-electron chi connectivity index (χ1n) is 10.9. The van der Waals surface area contributed by atoms with Crippen LogP contribution in [0.5, 0.6) is 5.75 Å². The van der Waals surface area contributed by atoms with Crippen molar-refractivity contribution >= 4 is 22.5 Å². The lowest BCUT2D eigenvalue weighted by Gasteiger charge is -2.16. The van der Waals surface area contributed by atoms with Crippen molar-refractivity contribution in [1.82, 2.24) is 24.7 Å². The van der Waals surface area contributed by atoms with Crippen molar-refractivity contribution in [3.05, 3.63) is 105 Å². The third kappa shape index (κ3) is 4.52. The van der Waals surface area contributed by atoms with Gasteiger partial charge in [-0.15, -0.1) is 0 Å². The lowest BCUT2D eigenvalue weighted by atomic mass is 10.0. The first kappa shape index (κ1) is 22.7. The number of aromatic nitrogens is 5. The molecule has 7 nitrogen and oxygen atoms in total. The Labute approximate surface area is 205 Å². The highest BCUT2D eigenvalue weighted by molar-refractivity contribution is 6.33. The van der Waals surface area contributed by atoms with Crippen LogP contribution in [0.2, 0.25) is 5.02 Å². The van der Waals surface area contributed by atoms with E-state index in [-0.39, 0.29) is 18.7 Å². The average Bonchev–Trinajstić information content (AvgIpc) is 3.26. The summed E-state index contributed by atoms with van der Waals surface area (Å²) in [6, 6.07) is 11.9. The number of ether oxygens (including phenoxy) is 1. The summed E-state index contributed by atoms with van der Waals surface area (Å²) in [6.07, 6.45) is 4.41. The summed E-state index contributed by atoms with van der Waals surface area (Å²) in [4.78, 5) is 21.4. The fraction of sp³-hybridized carbons (Fsp3) is 0.154. The number of pyridine rings is 3. The Morgan fingerprint density at radius 1 is 1.17 bits per heavy atom. The molecule has 5 aromatic rings. The topological polar surface area (TPSA) is 85.7 Å². The minimum absolute atomic E-state index is 0.131. The summed E-state index contributed by atoms with van der Waals surface area (Å²) in [7, 11) is 0. The molecule has 1 N–H and O–H groups in total. The maximum Gasteiger partial charge on any atom is 0.251 e. The van der Waals surface area contributed by atoms with Gasteiger partial charge in [-0.05, 0) is 43.7 Å². The van der Waals surface area contributed by atoms with Crippen LogP contribution in [0.15, 0.2) is 65.8 Å². The van der Waals surface area contributed by atoms with Crippen LogP contribution in [0.1, 0.15) is 22.5 Å². The molecule has 0 amide bonds. The van der Waals surface area contributed by atoms with Gasteiger partial charge in [0.1, 0.15) is 23.7 Å². The highest BCUT2D eigenvalue weighted by Crippen LogP contribution is 2.35. The van der Waals surface area contributed by atoms with Crippen LogP contribution in [0.25, 0.3) is 22.2 Å². The standard InChI is InChI=1S/C26H21ClFN5O2/c1-15-8-9-29-22(13-33-12-17(28)6-7-24(33)34)20(15)14-35-23-5-3-4-18-19(10-16(2)31-26(18)23)25-21(27)11-30-32-25/h3-12H,13-14H2,1-2H3,(H,30,32). The number of para-hydroxylation sites is 1. The number of aromatic amines is 1. The Balaban J connectivity index is 1.51. The number of aryl methyl sites for hydroxylation is 2. The lowest BCUT2D eigenvalue weighted by Crippen LogP contribution is -2.21.